The Bertz CT molecular complexity index is 123. The maximum absolute atomic E-state index is 2.55. The number of hydrogen-bond donors (Lipinski definition) is 0. The highest BCUT2D eigenvalue weighted by molar-refractivity contribution is 4.80. The average Bonchev–Trinajstić information content (AvgIpc) is 2.30. The highest BCUT2D eigenvalue weighted by Gasteiger charge is 2.29. The lowest BCUT2D eigenvalue weighted by molar-refractivity contribution is 0.117. The van der Waals surface area contributed by atoms with Gasteiger partial charge in [-0.05, 0) is 19.5 Å². The molecular formula is C9H20N2. The lowest BCUT2D eigenvalue weighted by Crippen LogP contribution is -2.40. The van der Waals surface area contributed by atoms with Gasteiger partial charge in [0, 0.05) is 13.1 Å². The molecule has 1 saturated heterocycles. The first-order valence-electron chi connectivity index (χ1n) is 4.61. The summed E-state index contributed by atoms with van der Waals surface area (Å²) in [5.41, 5.74) is 0. The van der Waals surface area contributed by atoms with Crippen molar-refractivity contribution in [3.8, 4) is 0 Å². The number of rotatable bonds is 2. The van der Waals surface area contributed by atoms with Gasteiger partial charge in [-0.2, -0.15) is 0 Å². The predicted octanol–water partition coefficient (Wildman–Crippen LogP) is 1.24. The van der Waals surface area contributed by atoms with E-state index in [0.29, 0.717) is 6.17 Å². The van der Waals surface area contributed by atoms with Gasteiger partial charge in [0.25, 0.3) is 0 Å². The Labute approximate surface area is 70.2 Å². The Morgan fingerprint density at radius 3 is 2.36 bits per heavy atom. The van der Waals surface area contributed by atoms with Gasteiger partial charge in [0.1, 0.15) is 0 Å². The average molecular weight is 156 g/mol. The standard InChI is InChI=1S/C9H20N2/c1-5-11-7-6-10(4)9(11)8(2)3/h8-9H,5-7H2,1-4H3. The molecule has 0 N–H and O–H groups in total. The Balaban J connectivity index is 2.56. The molecule has 1 rings (SSSR count). The fourth-order valence-corrected chi connectivity index (χ4v) is 2.11. The molecule has 0 aromatic heterocycles. The van der Waals surface area contributed by atoms with Crippen LogP contribution in [0.5, 0.6) is 0 Å². The highest BCUT2D eigenvalue weighted by atomic mass is 15.4. The second-order valence-electron chi connectivity index (χ2n) is 3.77. The quantitative estimate of drug-likeness (QED) is 0.593. The molecule has 0 aromatic carbocycles. The Morgan fingerprint density at radius 2 is 2.00 bits per heavy atom. The van der Waals surface area contributed by atoms with E-state index >= 15 is 0 Å². The van der Waals surface area contributed by atoms with Crippen molar-refractivity contribution >= 4 is 0 Å². The van der Waals surface area contributed by atoms with Crippen LogP contribution in [0.3, 0.4) is 0 Å². The number of nitrogens with zero attached hydrogens (tertiary/aromatic N) is 2. The summed E-state index contributed by atoms with van der Waals surface area (Å²) in [6.07, 6.45) is 0.681. The van der Waals surface area contributed by atoms with Gasteiger partial charge in [0.2, 0.25) is 0 Å². The van der Waals surface area contributed by atoms with E-state index in [-0.39, 0.29) is 0 Å². The van der Waals surface area contributed by atoms with Crippen LogP contribution in [0.4, 0.5) is 0 Å². The van der Waals surface area contributed by atoms with Gasteiger partial charge in [0.05, 0.1) is 6.17 Å². The third-order valence-corrected chi connectivity index (χ3v) is 2.57. The summed E-state index contributed by atoms with van der Waals surface area (Å²) in [6, 6.07) is 0. The Morgan fingerprint density at radius 1 is 1.36 bits per heavy atom. The summed E-state index contributed by atoms with van der Waals surface area (Å²) in [6.45, 7) is 10.5. The van der Waals surface area contributed by atoms with E-state index in [1.165, 1.54) is 19.6 Å². The molecule has 0 aromatic rings. The van der Waals surface area contributed by atoms with E-state index in [2.05, 4.69) is 37.6 Å². The molecule has 1 aliphatic rings. The normalized spacial score (nSPS) is 28.6. The maximum Gasteiger partial charge on any atom is 0.0644 e. The van der Waals surface area contributed by atoms with Crippen molar-refractivity contribution in [3.05, 3.63) is 0 Å². The van der Waals surface area contributed by atoms with Crippen molar-refractivity contribution in [2.45, 2.75) is 26.9 Å². The van der Waals surface area contributed by atoms with E-state index in [0.717, 1.165) is 5.92 Å². The van der Waals surface area contributed by atoms with Crippen LogP contribution in [0.25, 0.3) is 0 Å². The van der Waals surface area contributed by atoms with Gasteiger partial charge >= 0.3 is 0 Å². The molecule has 1 unspecified atom stereocenters. The van der Waals surface area contributed by atoms with Crippen molar-refractivity contribution in [2.75, 3.05) is 26.7 Å². The molecule has 1 heterocycles. The minimum absolute atomic E-state index is 0.681. The van der Waals surface area contributed by atoms with Gasteiger partial charge in [0.15, 0.2) is 0 Å². The van der Waals surface area contributed by atoms with Crippen molar-refractivity contribution in [1.82, 2.24) is 9.80 Å². The highest BCUT2D eigenvalue weighted by Crippen LogP contribution is 2.18. The molecule has 2 nitrogen and oxygen atoms in total. The predicted molar refractivity (Wildman–Crippen MR) is 48.5 cm³/mol. The van der Waals surface area contributed by atoms with Gasteiger partial charge in [-0.25, -0.2) is 0 Å². The minimum Gasteiger partial charge on any atom is -0.289 e. The van der Waals surface area contributed by atoms with Gasteiger partial charge in [-0.1, -0.05) is 20.8 Å². The largest absolute Gasteiger partial charge is 0.289 e. The lowest BCUT2D eigenvalue weighted by Gasteiger charge is -2.30. The molecule has 1 fully saturated rings. The zero-order valence-electron chi connectivity index (χ0n) is 8.17. The van der Waals surface area contributed by atoms with Crippen LogP contribution >= 0.6 is 0 Å². The van der Waals surface area contributed by atoms with Crippen LogP contribution in [0, 0.1) is 5.92 Å². The van der Waals surface area contributed by atoms with Crippen LogP contribution in [0.1, 0.15) is 20.8 Å². The van der Waals surface area contributed by atoms with E-state index in [9.17, 15) is 0 Å². The molecule has 0 amide bonds. The second kappa shape index (κ2) is 3.55. The summed E-state index contributed by atoms with van der Waals surface area (Å²) >= 11 is 0. The van der Waals surface area contributed by atoms with Crippen molar-refractivity contribution in [2.24, 2.45) is 5.92 Å². The summed E-state index contributed by atoms with van der Waals surface area (Å²) in [5.74, 6) is 0.752. The fraction of sp³-hybridized carbons (Fsp3) is 1.00. The van der Waals surface area contributed by atoms with Crippen molar-refractivity contribution in [1.29, 1.82) is 0 Å². The monoisotopic (exact) mass is 156 g/mol. The number of hydrogen-bond acceptors (Lipinski definition) is 2. The zero-order chi connectivity index (χ0) is 8.43. The minimum atomic E-state index is 0.681. The zero-order valence-corrected chi connectivity index (χ0v) is 8.17. The molecule has 2 heteroatoms. The van der Waals surface area contributed by atoms with E-state index in [4.69, 9.17) is 0 Å². The van der Waals surface area contributed by atoms with Crippen LogP contribution in [-0.4, -0.2) is 42.6 Å². The molecule has 0 spiro atoms. The second-order valence-corrected chi connectivity index (χ2v) is 3.77. The summed E-state index contributed by atoms with van der Waals surface area (Å²) in [4.78, 5) is 5.00. The van der Waals surface area contributed by atoms with Gasteiger partial charge < -0.3 is 0 Å². The molecule has 0 aliphatic carbocycles. The first kappa shape index (κ1) is 9.01. The van der Waals surface area contributed by atoms with Crippen molar-refractivity contribution < 1.29 is 0 Å². The smallest absolute Gasteiger partial charge is 0.0644 e. The van der Waals surface area contributed by atoms with Crippen LogP contribution in [0.15, 0.2) is 0 Å². The first-order chi connectivity index (χ1) is 5.16. The first-order valence-corrected chi connectivity index (χ1v) is 4.61. The molecule has 1 aliphatic heterocycles. The third-order valence-electron chi connectivity index (χ3n) is 2.57. The number of likely N-dealkylation sites (N-methyl/N-ethyl adjacent to an activating group) is 2. The molecule has 0 saturated carbocycles. The topological polar surface area (TPSA) is 6.48 Å². The molecule has 11 heavy (non-hydrogen) atoms. The Hall–Kier alpha value is -0.0800. The molecule has 0 radical (unpaired) electrons. The van der Waals surface area contributed by atoms with Gasteiger partial charge in [-0.3, -0.25) is 9.80 Å². The molecule has 0 bridgehead atoms. The summed E-state index contributed by atoms with van der Waals surface area (Å²) in [5, 5.41) is 0. The molecule has 1 atom stereocenters. The van der Waals surface area contributed by atoms with E-state index in [1.54, 1.807) is 0 Å². The fourth-order valence-electron chi connectivity index (χ4n) is 2.11. The summed E-state index contributed by atoms with van der Waals surface area (Å²) < 4.78 is 0. The van der Waals surface area contributed by atoms with Gasteiger partial charge in [-0.15, -0.1) is 0 Å². The van der Waals surface area contributed by atoms with E-state index < -0.39 is 0 Å². The maximum atomic E-state index is 2.55. The lowest BCUT2D eigenvalue weighted by atomic mass is 10.1. The van der Waals surface area contributed by atoms with Crippen LogP contribution in [0.2, 0.25) is 0 Å². The van der Waals surface area contributed by atoms with E-state index in [1.807, 2.05) is 0 Å². The Kier molecular flexibility index (Phi) is 2.90. The third kappa shape index (κ3) is 1.74. The van der Waals surface area contributed by atoms with Crippen LogP contribution in [-0.2, 0) is 0 Å². The van der Waals surface area contributed by atoms with Crippen molar-refractivity contribution in [3.63, 3.8) is 0 Å². The summed E-state index contributed by atoms with van der Waals surface area (Å²) in [7, 11) is 2.22. The molecule has 66 valence electrons. The SMILES string of the molecule is CCN1CCN(C)C1C(C)C. The molecular weight excluding hydrogens is 136 g/mol. The van der Waals surface area contributed by atoms with Crippen LogP contribution < -0.4 is 0 Å².